The second kappa shape index (κ2) is 11.4. The molecule has 3 aromatic rings. The highest BCUT2D eigenvalue weighted by Gasteiger charge is 2.20. The van der Waals surface area contributed by atoms with Crippen LogP contribution in [0.2, 0.25) is 5.02 Å². The molecule has 1 N–H and O–H groups in total. The highest BCUT2D eigenvalue weighted by Crippen LogP contribution is 2.32. The van der Waals surface area contributed by atoms with Gasteiger partial charge in [0.2, 0.25) is 11.7 Å². The largest absolute Gasteiger partial charge is 0.493 e. The summed E-state index contributed by atoms with van der Waals surface area (Å²) in [5.41, 5.74) is 1.10. The van der Waals surface area contributed by atoms with Crippen molar-refractivity contribution in [2.75, 3.05) is 7.11 Å². The van der Waals surface area contributed by atoms with Gasteiger partial charge in [0.05, 0.1) is 19.6 Å². The molecule has 0 aliphatic rings. The molecule has 180 valence electrons. The van der Waals surface area contributed by atoms with Crippen LogP contribution in [0.3, 0.4) is 0 Å². The van der Waals surface area contributed by atoms with Gasteiger partial charge in [-0.3, -0.25) is 9.59 Å². The van der Waals surface area contributed by atoms with E-state index < -0.39 is 18.6 Å². The van der Waals surface area contributed by atoms with Gasteiger partial charge in [-0.05, 0) is 35.9 Å². The van der Waals surface area contributed by atoms with Crippen molar-refractivity contribution in [2.24, 2.45) is 0 Å². The Morgan fingerprint density at radius 1 is 1.15 bits per heavy atom. The van der Waals surface area contributed by atoms with Crippen molar-refractivity contribution in [2.45, 2.75) is 32.6 Å². The summed E-state index contributed by atoms with van der Waals surface area (Å²) >= 11 is 5.89. The van der Waals surface area contributed by atoms with Crippen molar-refractivity contribution < 1.29 is 37.1 Å². The summed E-state index contributed by atoms with van der Waals surface area (Å²) in [6.07, 6.45) is -0.134. The van der Waals surface area contributed by atoms with Crippen molar-refractivity contribution in [1.29, 1.82) is 0 Å². The van der Waals surface area contributed by atoms with E-state index in [0.717, 1.165) is 0 Å². The summed E-state index contributed by atoms with van der Waals surface area (Å²) in [6, 6.07) is 10.2. The Bertz CT molecular complexity index is 1140. The molecule has 0 radical (unpaired) electrons. The number of aromatic nitrogens is 2. The van der Waals surface area contributed by atoms with Crippen molar-refractivity contribution in [3.8, 4) is 22.9 Å². The third-order valence-electron chi connectivity index (χ3n) is 4.48. The molecule has 0 spiro atoms. The van der Waals surface area contributed by atoms with Gasteiger partial charge < -0.3 is 24.1 Å². The standard InChI is InChI=1S/C22H20ClF2N3O6/c1-12(29)26-16(13-3-6-15(23)7-4-13)10-20(30)32-11-19-27-21(28-34-19)14-5-8-17(33-22(24)25)18(9-14)31-2/h3-9,16,22H,10-11H2,1-2H3,(H,26,29). The van der Waals surface area contributed by atoms with Crippen LogP contribution in [0.15, 0.2) is 47.0 Å². The summed E-state index contributed by atoms with van der Waals surface area (Å²) < 4.78 is 44.7. The van der Waals surface area contributed by atoms with Gasteiger partial charge in [-0.2, -0.15) is 13.8 Å². The molecule has 1 unspecified atom stereocenters. The second-order valence-corrected chi connectivity index (χ2v) is 7.36. The van der Waals surface area contributed by atoms with Gasteiger partial charge >= 0.3 is 12.6 Å². The third-order valence-corrected chi connectivity index (χ3v) is 4.74. The summed E-state index contributed by atoms with van der Waals surface area (Å²) in [7, 11) is 1.30. The number of ether oxygens (including phenoxy) is 3. The van der Waals surface area contributed by atoms with E-state index in [0.29, 0.717) is 16.1 Å². The first-order valence-corrected chi connectivity index (χ1v) is 10.3. The second-order valence-electron chi connectivity index (χ2n) is 6.93. The molecule has 0 aliphatic heterocycles. The van der Waals surface area contributed by atoms with Gasteiger partial charge in [0, 0.05) is 17.5 Å². The van der Waals surface area contributed by atoms with Crippen LogP contribution in [0.1, 0.15) is 30.8 Å². The molecule has 0 aliphatic carbocycles. The number of nitrogens with one attached hydrogen (secondary N) is 1. The SMILES string of the molecule is COc1cc(-c2noc(COC(=O)CC(NC(C)=O)c3ccc(Cl)cc3)n2)ccc1OC(F)F. The third kappa shape index (κ3) is 6.88. The molecule has 12 heteroatoms. The molecule has 1 heterocycles. The minimum Gasteiger partial charge on any atom is -0.493 e. The molecule has 34 heavy (non-hydrogen) atoms. The van der Waals surface area contributed by atoms with E-state index in [1.54, 1.807) is 24.3 Å². The summed E-state index contributed by atoms with van der Waals surface area (Å²) in [5.74, 6) is -0.864. The van der Waals surface area contributed by atoms with Gasteiger partial charge in [-0.1, -0.05) is 28.9 Å². The fraction of sp³-hybridized carbons (Fsp3) is 0.273. The van der Waals surface area contributed by atoms with Crippen LogP contribution in [0.25, 0.3) is 11.4 Å². The Morgan fingerprint density at radius 2 is 1.88 bits per heavy atom. The zero-order valence-corrected chi connectivity index (χ0v) is 18.8. The Hall–Kier alpha value is -3.73. The van der Waals surface area contributed by atoms with Crippen LogP contribution < -0.4 is 14.8 Å². The number of carbonyl (C=O) groups is 2. The van der Waals surface area contributed by atoms with Crippen molar-refractivity contribution in [1.82, 2.24) is 15.5 Å². The summed E-state index contributed by atoms with van der Waals surface area (Å²) in [6.45, 7) is -1.96. The average Bonchev–Trinajstić information content (AvgIpc) is 3.26. The molecule has 2 aromatic carbocycles. The highest BCUT2D eigenvalue weighted by atomic mass is 35.5. The number of alkyl halides is 2. The molecule has 1 amide bonds. The maximum Gasteiger partial charge on any atom is 0.387 e. The van der Waals surface area contributed by atoms with Gasteiger partial charge in [0.1, 0.15) is 0 Å². The minimum absolute atomic E-state index is 0.0118. The van der Waals surface area contributed by atoms with Crippen LogP contribution in [0, 0.1) is 0 Å². The normalized spacial score (nSPS) is 11.7. The van der Waals surface area contributed by atoms with E-state index in [2.05, 4.69) is 20.2 Å². The molecule has 0 saturated carbocycles. The average molecular weight is 496 g/mol. The van der Waals surface area contributed by atoms with Crippen molar-refractivity contribution >= 4 is 23.5 Å². The lowest BCUT2D eigenvalue weighted by Crippen LogP contribution is -2.28. The molecular weight excluding hydrogens is 476 g/mol. The molecule has 0 fully saturated rings. The van der Waals surface area contributed by atoms with E-state index in [1.165, 1.54) is 32.2 Å². The van der Waals surface area contributed by atoms with Gasteiger partial charge in [0.25, 0.3) is 5.89 Å². The number of rotatable bonds is 10. The zero-order valence-electron chi connectivity index (χ0n) is 18.1. The molecule has 3 rings (SSSR count). The Kier molecular flexibility index (Phi) is 8.36. The van der Waals surface area contributed by atoms with Crippen molar-refractivity contribution in [3.05, 3.63) is 58.9 Å². The molecule has 0 bridgehead atoms. The lowest BCUT2D eigenvalue weighted by Gasteiger charge is -2.17. The van der Waals surface area contributed by atoms with Crippen LogP contribution in [-0.4, -0.2) is 35.7 Å². The smallest absolute Gasteiger partial charge is 0.387 e. The number of methoxy groups -OCH3 is 1. The monoisotopic (exact) mass is 495 g/mol. The summed E-state index contributed by atoms with van der Waals surface area (Å²) in [4.78, 5) is 28.0. The molecule has 9 nitrogen and oxygen atoms in total. The van der Waals surface area contributed by atoms with E-state index in [4.69, 9.17) is 25.6 Å². The van der Waals surface area contributed by atoms with E-state index in [-0.39, 0.29) is 42.1 Å². The highest BCUT2D eigenvalue weighted by molar-refractivity contribution is 6.30. The predicted molar refractivity (Wildman–Crippen MR) is 115 cm³/mol. The quantitative estimate of drug-likeness (QED) is 0.414. The molecule has 0 saturated heterocycles. The minimum atomic E-state index is -3.00. The Labute approximate surface area is 197 Å². The van der Waals surface area contributed by atoms with Crippen LogP contribution >= 0.6 is 11.6 Å². The number of carbonyl (C=O) groups excluding carboxylic acids is 2. The maximum absolute atomic E-state index is 12.5. The van der Waals surface area contributed by atoms with Gasteiger partial charge in [-0.25, -0.2) is 0 Å². The van der Waals surface area contributed by atoms with E-state index in [9.17, 15) is 18.4 Å². The number of nitrogens with zero attached hydrogens (tertiary/aromatic N) is 2. The lowest BCUT2D eigenvalue weighted by atomic mass is 10.0. The Morgan fingerprint density at radius 3 is 2.53 bits per heavy atom. The number of hydrogen-bond donors (Lipinski definition) is 1. The van der Waals surface area contributed by atoms with Gasteiger partial charge in [0.15, 0.2) is 18.1 Å². The first-order chi connectivity index (χ1) is 16.2. The van der Waals surface area contributed by atoms with E-state index in [1.807, 2.05) is 0 Å². The fourth-order valence-corrected chi connectivity index (χ4v) is 3.12. The fourth-order valence-electron chi connectivity index (χ4n) is 2.99. The number of hydrogen-bond acceptors (Lipinski definition) is 8. The molecule has 1 atom stereocenters. The number of amides is 1. The zero-order chi connectivity index (χ0) is 24.7. The predicted octanol–water partition coefficient (Wildman–Crippen LogP) is 4.31. The number of esters is 1. The van der Waals surface area contributed by atoms with Crippen LogP contribution in [0.5, 0.6) is 11.5 Å². The first-order valence-electron chi connectivity index (χ1n) is 9.89. The Balaban J connectivity index is 1.63. The number of halogens is 3. The van der Waals surface area contributed by atoms with Gasteiger partial charge in [-0.15, -0.1) is 0 Å². The van der Waals surface area contributed by atoms with E-state index >= 15 is 0 Å². The maximum atomic E-state index is 12.5. The lowest BCUT2D eigenvalue weighted by molar-refractivity contribution is -0.146. The topological polar surface area (TPSA) is 113 Å². The molecule has 1 aromatic heterocycles. The van der Waals surface area contributed by atoms with Crippen LogP contribution in [-0.2, 0) is 20.9 Å². The first kappa shape index (κ1) is 24.9. The number of benzene rings is 2. The van der Waals surface area contributed by atoms with Crippen molar-refractivity contribution in [3.63, 3.8) is 0 Å². The molecular formula is C22H20ClF2N3O6. The summed E-state index contributed by atoms with van der Waals surface area (Å²) in [5, 5.41) is 7.01. The van der Waals surface area contributed by atoms with Crippen LogP contribution in [0.4, 0.5) is 8.78 Å².